The second-order valence-corrected chi connectivity index (χ2v) is 5.45. The molecule has 6 heteroatoms. The molecule has 0 aliphatic carbocycles. The molecule has 1 aromatic heterocycles. The predicted octanol–water partition coefficient (Wildman–Crippen LogP) is 2.34. The highest BCUT2D eigenvalue weighted by atomic mass is 16.6. The molecule has 1 aliphatic heterocycles. The van der Waals surface area contributed by atoms with Gasteiger partial charge in [-0.1, -0.05) is 12.1 Å². The topological polar surface area (TPSA) is 61.1 Å². The van der Waals surface area contributed by atoms with Crippen LogP contribution in [0.5, 0.6) is 11.5 Å². The van der Waals surface area contributed by atoms with Crippen molar-refractivity contribution in [1.29, 1.82) is 0 Å². The zero-order chi connectivity index (χ0) is 16.2. The molecule has 0 saturated carbocycles. The number of likely N-dealkylation sites (N-methyl/N-ethyl adjacent to an activating group) is 1. The Bertz CT molecular complexity index is 681. The van der Waals surface area contributed by atoms with Gasteiger partial charge in [-0.3, -0.25) is 4.90 Å². The van der Waals surface area contributed by atoms with Crippen LogP contribution in [-0.2, 0) is 11.3 Å². The molecule has 1 atom stereocenters. The quantitative estimate of drug-likeness (QED) is 0.789. The van der Waals surface area contributed by atoms with Gasteiger partial charge in [0.1, 0.15) is 18.5 Å². The summed E-state index contributed by atoms with van der Waals surface area (Å²) in [5, 5.41) is 0. The molecule has 0 N–H and O–H groups in total. The van der Waals surface area contributed by atoms with Gasteiger partial charge in [0.2, 0.25) is 5.76 Å². The second kappa shape index (κ2) is 6.75. The molecule has 23 heavy (non-hydrogen) atoms. The largest absolute Gasteiger partial charge is 0.486 e. The summed E-state index contributed by atoms with van der Waals surface area (Å²) in [6, 6.07) is 11.0. The molecule has 0 saturated heterocycles. The Balaban J connectivity index is 1.55. The minimum Gasteiger partial charge on any atom is -0.486 e. The van der Waals surface area contributed by atoms with E-state index in [0.29, 0.717) is 25.5 Å². The fourth-order valence-corrected chi connectivity index (χ4v) is 2.50. The lowest BCUT2D eigenvalue weighted by Crippen LogP contribution is -2.39. The number of furan rings is 1. The van der Waals surface area contributed by atoms with E-state index >= 15 is 0 Å². The summed E-state index contributed by atoms with van der Waals surface area (Å²) in [6.45, 7) is 1.76. The third-order valence-corrected chi connectivity index (χ3v) is 3.56. The van der Waals surface area contributed by atoms with Crippen molar-refractivity contribution in [1.82, 2.24) is 4.90 Å². The molecule has 0 amide bonds. The molecule has 0 spiro atoms. The first-order valence-corrected chi connectivity index (χ1v) is 7.40. The number of nitrogens with zero attached hydrogens (tertiary/aromatic N) is 1. The predicted molar refractivity (Wildman–Crippen MR) is 82.7 cm³/mol. The van der Waals surface area contributed by atoms with E-state index in [1.165, 1.54) is 7.11 Å². The maximum Gasteiger partial charge on any atom is 0.373 e. The van der Waals surface area contributed by atoms with Gasteiger partial charge in [-0.25, -0.2) is 4.79 Å². The number of carbonyl (C=O) groups is 1. The summed E-state index contributed by atoms with van der Waals surface area (Å²) in [4.78, 5) is 13.4. The highest BCUT2D eigenvalue weighted by Crippen LogP contribution is 2.31. The van der Waals surface area contributed by atoms with Crippen molar-refractivity contribution in [2.24, 2.45) is 0 Å². The standard InChI is InChI=1S/C17H19NO5/c1-18(9-12-7-8-16(22-12)17(19)20-2)10-13-11-21-14-5-3-4-6-15(14)23-13/h3-8,13H,9-11H2,1-2H3. The fraction of sp³-hybridized carbons (Fsp3) is 0.353. The first-order chi connectivity index (χ1) is 11.2. The summed E-state index contributed by atoms with van der Waals surface area (Å²) >= 11 is 0. The van der Waals surface area contributed by atoms with Crippen molar-refractivity contribution in [3.05, 3.63) is 47.9 Å². The molecule has 2 heterocycles. The first kappa shape index (κ1) is 15.4. The number of hydrogen-bond acceptors (Lipinski definition) is 6. The van der Waals surface area contributed by atoms with Gasteiger partial charge in [0.25, 0.3) is 0 Å². The average molecular weight is 317 g/mol. The summed E-state index contributed by atoms with van der Waals surface area (Å²) in [7, 11) is 3.29. The van der Waals surface area contributed by atoms with Crippen molar-refractivity contribution in [3.63, 3.8) is 0 Å². The second-order valence-electron chi connectivity index (χ2n) is 5.45. The molecule has 1 aromatic carbocycles. The van der Waals surface area contributed by atoms with Gasteiger partial charge in [0, 0.05) is 6.54 Å². The van der Waals surface area contributed by atoms with E-state index < -0.39 is 5.97 Å². The van der Waals surface area contributed by atoms with E-state index in [-0.39, 0.29) is 11.9 Å². The van der Waals surface area contributed by atoms with Crippen molar-refractivity contribution in [2.75, 3.05) is 27.3 Å². The molecule has 122 valence electrons. The molecule has 1 aliphatic rings. The van der Waals surface area contributed by atoms with Crippen molar-refractivity contribution in [2.45, 2.75) is 12.6 Å². The number of methoxy groups -OCH3 is 1. The van der Waals surface area contributed by atoms with E-state index in [2.05, 4.69) is 9.64 Å². The van der Waals surface area contributed by atoms with Crippen LogP contribution < -0.4 is 9.47 Å². The van der Waals surface area contributed by atoms with E-state index in [0.717, 1.165) is 11.5 Å². The van der Waals surface area contributed by atoms with Crippen LogP contribution >= 0.6 is 0 Å². The number of hydrogen-bond donors (Lipinski definition) is 0. The van der Waals surface area contributed by atoms with Crippen LogP contribution in [0.25, 0.3) is 0 Å². The van der Waals surface area contributed by atoms with Crippen LogP contribution in [0.3, 0.4) is 0 Å². The van der Waals surface area contributed by atoms with Crippen LogP contribution in [0.2, 0.25) is 0 Å². The summed E-state index contributed by atoms with van der Waals surface area (Å²) in [5.41, 5.74) is 0. The zero-order valence-electron chi connectivity index (χ0n) is 13.2. The zero-order valence-corrected chi connectivity index (χ0v) is 13.2. The van der Waals surface area contributed by atoms with Crippen molar-refractivity contribution < 1.29 is 23.4 Å². The molecule has 1 unspecified atom stereocenters. The molecule has 0 radical (unpaired) electrons. The molecule has 0 fully saturated rings. The van der Waals surface area contributed by atoms with Crippen LogP contribution in [0.15, 0.2) is 40.8 Å². The average Bonchev–Trinajstić information content (AvgIpc) is 3.02. The number of carbonyl (C=O) groups excluding carboxylic acids is 1. The highest BCUT2D eigenvalue weighted by Gasteiger charge is 2.22. The molecular weight excluding hydrogens is 298 g/mol. The molecule has 3 rings (SSSR count). The van der Waals surface area contributed by atoms with E-state index in [9.17, 15) is 4.79 Å². The van der Waals surface area contributed by atoms with Crippen LogP contribution in [0.4, 0.5) is 0 Å². The Morgan fingerprint density at radius 2 is 2.04 bits per heavy atom. The normalized spacial score (nSPS) is 16.4. The Kier molecular flexibility index (Phi) is 4.52. The molecular formula is C17H19NO5. The van der Waals surface area contributed by atoms with Crippen LogP contribution in [0, 0.1) is 0 Å². The van der Waals surface area contributed by atoms with E-state index in [4.69, 9.17) is 13.9 Å². The number of benzene rings is 1. The lowest BCUT2D eigenvalue weighted by molar-refractivity contribution is 0.0550. The molecule has 6 nitrogen and oxygen atoms in total. The summed E-state index contributed by atoms with van der Waals surface area (Å²) < 4.78 is 21.7. The molecule has 2 aromatic rings. The Labute approximate surface area is 134 Å². The number of para-hydroxylation sites is 2. The summed E-state index contributed by atoms with van der Waals surface area (Å²) in [6.07, 6.45) is -0.0510. The number of ether oxygens (including phenoxy) is 3. The minimum absolute atomic E-state index is 0.0510. The third-order valence-electron chi connectivity index (χ3n) is 3.56. The lowest BCUT2D eigenvalue weighted by Gasteiger charge is -2.29. The van der Waals surface area contributed by atoms with Gasteiger partial charge >= 0.3 is 5.97 Å². The first-order valence-electron chi connectivity index (χ1n) is 7.40. The monoisotopic (exact) mass is 317 g/mol. The smallest absolute Gasteiger partial charge is 0.373 e. The Hall–Kier alpha value is -2.47. The van der Waals surface area contributed by atoms with Gasteiger partial charge in [0.05, 0.1) is 13.7 Å². The Morgan fingerprint density at radius 3 is 2.83 bits per heavy atom. The maximum atomic E-state index is 11.4. The van der Waals surface area contributed by atoms with Gasteiger partial charge in [-0.15, -0.1) is 0 Å². The fourth-order valence-electron chi connectivity index (χ4n) is 2.50. The Morgan fingerprint density at radius 1 is 1.26 bits per heavy atom. The summed E-state index contributed by atoms with van der Waals surface area (Å²) in [5.74, 6) is 1.98. The minimum atomic E-state index is -0.473. The van der Waals surface area contributed by atoms with Gasteiger partial charge in [-0.2, -0.15) is 0 Å². The highest BCUT2D eigenvalue weighted by molar-refractivity contribution is 5.86. The number of esters is 1. The van der Waals surface area contributed by atoms with Crippen LogP contribution in [-0.4, -0.2) is 44.3 Å². The lowest BCUT2D eigenvalue weighted by atomic mass is 10.2. The number of fused-ring (bicyclic) bond motifs is 1. The van der Waals surface area contributed by atoms with Crippen LogP contribution in [0.1, 0.15) is 16.3 Å². The van der Waals surface area contributed by atoms with Gasteiger partial charge in [0.15, 0.2) is 11.5 Å². The SMILES string of the molecule is COC(=O)c1ccc(CN(C)CC2COc3ccccc3O2)o1. The van der Waals surface area contributed by atoms with E-state index in [1.807, 2.05) is 31.3 Å². The third kappa shape index (κ3) is 3.65. The number of rotatable bonds is 5. The maximum absolute atomic E-state index is 11.4. The molecule has 0 bridgehead atoms. The van der Waals surface area contributed by atoms with Gasteiger partial charge < -0.3 is 18.6 Å². The van der Waals surface area contributed by atoms with E-state index in [1.54, 1.807) is 12.1 Å². The van der Waals surface area contributed by atoms with Gasteiger partial charge in [-0.05, 0) is 31.3 Å². The van der Waals surface area contributed by atoms with Crippen molar-refractivity contribution >= 4 is 5.97 Å². The van der Waals surface area contributed by atoms with Crippen molar-refractivity contribution in [3.8, 4) is 11.5 Å².